The van der Waals surface area contributed by atoms with Gasteiger partial charge in [0.05, 0.1) is 17.6 Å². The molecule has 0 aliphatic carbocycles. The van der Waals surface area contributed by atoms with Crippen molar-refractivity contribution in [3.63, 3.8) is 0 Å². The number of hydrogen-bond acceptors (Lipinski definition) is 4. The Hall–Kier alpha value is -1.05. The third-order valence-electron chi connectivity index (χ3n) is 3.91. The molecule has 7 heteroatoms. The standard InChI is InChI=1S/C13H17F2NO3S/c14-12(15)10-3-1-9(2-4-10)11(17)13(7-16)5-6-20(18,19)8-13/h1-4,11-12,17H,5-8,16H2. The molecule has 0 aromatic heterocycles. The van der Waals surface area contributed by atoms with Crippen LogP contribution in [-0.4, -0.2) is 31.6 Å². The molecule has 0 bridgehead atoms. The molecule has 1 aromatic carbocycles. The van der Waals surface area contributed by atoms with E-state index in [9.17, 15) is 22.3 Å². The molecule has 1 aliphatic rings. The van der Waals surface area contributed by atoms with E-state index in [0.29, 0.717) is 5.56 Å². The zero-order valence-electron chi connectivity index (χ0n) is 10.8. The van der Waals surface area contributed by atoms with E-state index >= 15 is 0 Å². The minimum Gasteiger partial charge on any atom is -0.388 e. The molecule has 1 aromatic rings. The van der Waals surface area contributed by atoms with E-state index < -0.39 is 27.8 Å². The van der Waals surface area contributed by atoms with Gasteiger partial charge in [0.2, 0.25) is 0 Å². The lowest BCUT2D eigenvalue weighted by atomic mass is 9.78. The van der Waals surface area contributed by atoms with E-state index in [1.54, 1.807) is 0 Å². The molecule has 112 valence electrons. The van der Waals surface area contributed by atoms with Crippen LogP contribution in [-0.2, 0) is 9.84 Å². The first-order valence-electron chi connectivity index (χ1n) is 6.26. The summed E-state index contributed by atoms with van der Waals surface area (Å²) in [5.74, 6) is -0.176. The van der Waals surface area contributed by atoms with Gasteiger partial charge in [-0.05, 0) is 12.0 Å². The highest BCUT2D eigenvalue weighted by Gasteiger charge is 2.46. The van der Waals surface area contributed by atoms with Gasteiger partial charge in [-0.25, -0.2) is 17.2 Å². The zero-order chi connectivity index (χ0) is 15.0. The molecule has 1 saturated heterocycles. The monoisotopic (exact) mass is 305 g/mol. The van der Waals surface area contributed by atoms with Crippen LogP contribution in [0.2, 0.25) is 0 Å². The van der Waals surface area contributed by atoms with Crippen LogP contribution in [0, 0.1) is 5.41 Å². The van der Waals surface area contributed by atoms with Crippen molar-refractivity contribution in [2.24, 2.45) is 11.1 Å². The molecule has 20 heavy (non-hydrogen) atoms. The largest absolute Gasteiger partial charge is 0.388 e. The van der Waals surface area contributed by atoms with Gasteiger partial charge in [-0.15, -0.1) is 0 Å². The Morgan fingerprint density at radius 2 is 1.80 bits per heavy atom. The Morgan fingerprint density at radius 3 is 2.20 bits per heavy atom. The number of aliphatic hydroxyl groups excluding tert-OH is 1. The Balaban J connectivity index is 2.27. The molecule has 2 unspecified atom stereocenters. The number of halogens is 2. The maximum absolute atomic E-state index is 12.5. The van der Waals surface area contributed by atoms with Crippen molar-refractivity contribution in [2.75, 3.05) is 18.1 Å². The number of sulfone groups is 1. The van der Waals surface area contributed by atoms with Crippen LogP contribution in [0.15, 0.2) is 24.3 Å². The second-order valence-corrected chi connectivity index (χ2v) is 7.46. The quantitative estimate of drug-likeness (QED) is 0.881. The van der Waals surface area contributed by atoms with E-state index in [2.05, 4.69) is 0 Å². The van der Waals surface area contributed by atoms with Gasteiger partial charge >= 0.3 is 0 Å². The molecular formula is C13H17F2NO3S. The summed E-state index contributed by atoms with van der Waals surface area (Å²) in [5, 5.41) is 10.4. The van der Waals surface area contributed by atoms with E-state index in [1.165, 1.54) is 24.3 Å². The first-order chi connectivity index (χ1) is 9.30. The average Bonchev–Trinajstić information content (AvgIpc) is 2.75. The average molecular weight is 305 g/mol. The van der Waals surface area contributed by atoms with Crippen molar-refractivity contribution >= 4 is 9.84 Å². The van der Waals surface area contributed by atoms with Gasteiger partial charge in [-0.3, -0.25) is 0 Å². The lowest BCUT2D eigenvalue weighted by Crippen LogP contribution is -2.38. The minimum atomic E-state index is -3.20. The van der Waals surface area contributed by atoms with Gasteiger partial charge in [-0.2, -0.15) is 0 Å². The maximum Gasteiger partial charge on any atom is 0.263 e. The van der Waals surface area contributed by atoms with Gasteiger partial charge in [0.15, 0.2) is 9.84 Å². The molecule has 0 amide bonds. The smallest absolute Gasteiger partial charge is 0.263 e. The third-order valence-corrected chi connectivity index (χ3v) is 5.75. The van der Waals surface area contributed by atoms with Crippen molar-refractivity contribution in [3.8, 4) is 0 Å². The highest BCUT2D eigenvalue weighted by Crippen LogP contribution is 2.42. The predicted octanol–water partition coefficient (Wildman–Crippen LogP) is 1.42. The summed E-state index contributed by atoms with van der Waals surface area (Å²) in [6, 6.07) is 5.26. The topological polar surface area (TPSA) is 80.4 Å². The molecule has 0 spiro atoms. The second-order valence-electron chi connectivity index (χ2n) is 5.28. The van der Waals surface area contributed by atoms with Crippen LogP contribution in [0.25, 0.3) is 0 Å². The fourth-order valence-corrected chi connectivity index (χ4v) is 4.76. The summed E-state index contributed by atoms with van der Waals surface area (Å²) in [7, 11) is -3.20. The highest BCUT2D eigenvalue weighted by atomic mass is 32.2. The van der Waals surface area contributed by atoms with E-state index in [4.69, 9.17) is 5.73 Å². The van der Waals surface area contributed by atoms with Crippen LogP contribution < -0.4 is 5.73 Å². The Kier molecular flexibility index (Phi) is 4.13. The van der Waals surface area contributed by atoms with Crippen molar-refractivity contribution in [2.45, 2.75) is 19.0 Å². The van der Waals surface area contributed by atoms with Gasteiger partial charge < -0.3 is 10.8 Å². The molecule has 1 aliphatic heterocycles. The van der Waals surface area contributed by atoms with Crippen LogP contribution in [0.5, 0.6) is 0 Å². The molecule has 2 atom stereocenters. The van der Waals surface area contributed by atoms with Crippen molar-refractivity contribution in [1.82, 2.24) is 0 Å². The second kappa shape index (κ2) is 5.38. The third kappa shape index (κ3) is 2.84. The number of nitrogens with two attached hydrogens (primary N) is 1. The van der Waals surface area contributed by atoms with E-state index in [0.717, 1.165) is 0 Å². The van der Waals surface area contributed by atoms with Crippen LogP contribution in [0.4, 0.5) is 8.78 Å². The lowest BCUT2D eigenvalue weighted by Gasteiger charge is -2.32. The number of hydrogen-bond donors (Lipinski definition) is 2. The predicted molar refractivity (Wildman–Crippen MR) is 71.1 cm³/mol. The summed E-state index contributed by atoms with van der Waals surface area (Å²) in [4.78, 5) is 0. The van der Waals surface area contributed by atoms with Crippen molar-refractivity contribution < 1.29 is 22.3 Å². The summed E-state index contributed by atoms with van der Waals surface area (Å²) in [6.07, 6.45) is -3.36. The summed E-state index contributed by atoms with van der Waals surface area (Å²) >= 11 is 0. The molecule has 2 rings (SSSR count). The van der Waals surface area contributed by atoms with Gasteiger partial charge in [-0.1, -0.05) is 24.3 Å². The summed E-state index contributed by atoms with van der Waals surface area (Å²) in [5.41, 5.74) is 5.01. The fraction of sp³-hybridized carbons (Fsp3) is 0.538. The Labute approximate surface area is 116 Å². The lowest BCUT2D eigenvalue weighted by molar-refractivity contribution is 0.0471. The van der Waals surface area contributed by atoms with E-state index in [1.807, 2.05) is 0 Å². The van der Waals surface area contributed by atoms with Crippen LogP contribution in [0.1, 0.15) is 30.1 Å². The molecule has 0 saturated carbocycles. The molecule has 0 radical (unpaired) electrons. The molecule has 1 heterocycles. The number of benzene rings is 1. The molecule has 4 nitrogen and oxygen atoms in total. The Morgan fingerprint density at radius 1 is 1.25 bits per heavy atom. The maximum atomic E-state index is 12.5. The number of aliphatic hydroxyl groups is 1. The molecule has 3 N–H and O–H groups in total. The number of alkyl halides is 2. The molecular weight excluding hydrogens is 288 g/mol. The van der Waals surface area contributed by atoms with Crippen LogP contribution >= 0.6 is 0 Å². The van der Waals surface area contributed by atoms with Crippen LogP contribution in [0.3, 0.4) is 0 Å². The SMILES string of the molecule is NCC1(C(O)c2ccc(C(F)F)cc2)CCS(=O)(=O)C1. The van der Waals surface area contributed by atoms with Gasteiger partial charge in [0, 0.05) is 17.5 Å². The first-order valence-corrected chi connectivity index (χ1v) is 8.08. The van der Waals surface area contributed by atoms with Crippen molar-refractivity contribution in [1.29, 1.82) is 0 Å². The fourth-order valence-electron chi connectivity index (χ4n) is 2.61. The van der Waals surface area contributed by atoms with Gasteiger partial charge in [0.1, 0.15) is 0 Å². The molecule has 1 fully saturated rings. The zero-order valence-corrected chi connectivity index (χ0v) is 11.6. The first kappa shape index (κ1) is 15.3. The summed E-state index contributed by atoms with van der Waals surface area (Å²) in [6.45, 7) is 0.0317. The van der Waals surface area contributed by atoms with Crippen molar-refractivity contribution in [3.05, 3.63) is 35.4 Å². The Bertz CT molecular complexity index is 574. The number of rotatable bonds is 4. The van der Waals surface area contributed by atoms with Gasteiger partial charge in [0.25, 0.3) is 6.43 Å². The summed E-state index contributed by atoms with van der Waals surface area (Å²) < 4.78 is 48.2. The minimum absolute atomic E-state index is 0.00359. The normalized spacial score (nSPS) is 26.9. The highest BCUT2D eigenvalue weighted by molar-refractivity contribution is 7.91. The van der Waals surface area contributed by atoms with E-state index in [-0.39, 0.29) is 30.0 Å².